The van der Waals surface area contributed by atoms with Gasteiger partial charge in [-0.2, -0.15) is 11.8 Å². The Balaban J connectivity index is 2.70. The molecular weight excluding hydrogens is 304 g/mol. The lowest BCUT2D eigenvalue weighted by molar-refractivity contribution is 0.0697. The van der Waals surface area contributed by atoms with Gasteiger partial charge in [0, 0.05) is 15.5 Å². The van der Waals surface area contributed by atoms with Crippen molar-refractivity contribution >= 4 is 33.7 Å². The SMILES string of the molecule is CC(O)C(C)SCc1ccc(C(=O)O)cc1Br. The molecule has 94 valence electrons. The number of hydrogen-bond donors (Lipinski definition) is 2. The normalized spacial score (nSPS) is 14.4. The fraction of sp³-hybridized carbons (Fsp3) is 0.417. The Labute approximate surface area is 113 Å². The molecule has 1 aromatic rings. The first kappa shape index (κ1) is 14.5. The van der Waals surface area contributed by atoms with E-state index < -0.39 is 5.97 Å². The first-order chi connectivity index (χ1) is 7.91. The van der Waals surface area contributed by atoms with Crippen molar-refractivity contribution in [3.05, 3.63) is 33.8 Å². The Hall–Kier alpha value is -0.520. The molecule has 17 heavy (non-hydrogen) atoms. The molecule has 0 aliphatic rings. The number of carboxylic acids is 1. The molecule has 0 saturated carbocycles. The van der Waals surface area contributed by atoms with Crippen LogP contribution in [0.15, 0.2) is 22.7 Å². The standard InChI is InChI=1S/C12H15BrO3S/c1-7(14)8(2)17-6-10-4-3-9(12(15)16)5-11(10)13/h3-5,7-8,14H,6H2,1-2H3,(H,15,16). The van der Waals surface area contributed by atoms with Gasteiger partial charge in [0.2, 0.25) is 0 Å². The first-order valence-corrected chi connectivity index (χ1v) is 7.07. The number of thioether (sulfide) groups is 1. The summed E-state index contributed by atoms with van der Waals surface area (Å²) in [7, 11) is 0. The number of carbonyl (C=O) groups is 1. The van der Waals surface area contributed by atoms with Gasteiger partial charge in [-0.25, -0.2) is 4.79 Å². The molecule has 2 unspecified atom stereocenters. The highest BCUT2D eigenvalue weighted by Gasteiger charge is 2.11. The predicted molar refractivity (Wildman–Crippen MR) is 73.5 cm³/mol. The molecule has 0 amide bonds. The van der Waals surface area contributed by atoms with Crippen LogP contribution in [0.3, 0.4) is 0 Å². The minimum atomic E-state index is -0.928. The van der Waals surface area contributed by atoms with E-state index in [0.717, 1.165) is 15.8 Å². The van der Waals surface area contributed by atoms with E-state index in [1.807, 2.05) is 6.92 Å². The molecule has 2 atom stereocenters. The van der Waals surface area contributed by atoms with Crippen LogP contribution in [-0.4, -0.2) is 27.5 Å². The van der Waals surface area contributed by atoms with Crippen molar-refractivity contribution in [2.45, 2.75) is 31.0 Å². The molecule has 0 radical (unpaired) electrons. The molecule has 0 saturated heterocycles. The summed E-state index contributed by atoms with van der Waals surface area (Å²) in [6.45, 7) is 3.73. The van der Waals surface area contributed by atoms with Crippen LogP contribution in [0.5, 0.6) is 0 Å². The molecule has 0 aliphatic heterocycles. The van der Waals surface area contributed by atoms with Crippen LogP contribution < -0.4 is 0 Å². The molecule has 1 aromatic carbocycles. The van der Waals surface area contributed by atoms with E-state index >= 15 is 0 Å². The molecular formula is C12H15BrO3S. The van der Waals surface area contributed by atoms with E-state index in [1.165, 1.54) is 0 Å². The maximum Gasteiger partial charge on any atom is 0.335 e. The van der Waals surface area contributed by atoms with Crippen molar-refractivity contribution in [3.63, 3.8) is 0 Å². The second-order valence-electron chi connectivity index (χ2n) is 3.87. The minimum absolute atomic E-state index is 0.154. The number of carboxylic acid groups (broad SMARTS) is 1. The zero-order chi connectivity index (χ0) is 13.0. The third-order valence-corrected chi connectivity index (χ3v) is 4.62. The van der Waals surface area contributed by atoms with Gasteiger partial charge in [-0.3, -0.25) is 0 Å². The molecule has 0 aromatic heterocycles. The summed E-state index contributed by atoms with van der Waals surface area (Å²) in [6.07, 6.45) is -0.350. The van der Waals surface area contributed by atoms with Crippen LogP contribution >= 0.6 is 27.7 Å². The van der Waals surface area contributed by atoms with Gasteiger partial charge in [0.1, 0.15) is 0 Å². The van der Waals surface area contributed by atoms with Gasteiger partial charge in [-0.15, -0.1) is 0 Å². The topological polar surface area (TPSA) is 57.5 Å². The molecule has 0 aliphatic carbocycles. The van der Waals surface area contributed by atoms with E-state index in [9.17, 15) is 9.90 Å². The van der Waals surface area contributed by atoms with Crippen molar-refractivity contribution in [3.8, 4) is 0 Å². The summed E-state index contributed by atoms with van der Waals surface area (Å²) in [4.78, 5) is 10.8. The van der Waals surface area contributed by atoms with Gasteiger partial charge < -0.3 is 10.2 Å². The Bertz CT molecular complexity index is 407. The number of aliphatic hydroxyl groups excluding tert-OH is 1. The van der Waals surface area contributed by atoms with Crippen LogP contribution in [0.2, 0.25) is 0 Å². The predicted octanol–water partition coefficient (Wildman–Crippen LogP) is 3.15. The Morgan fingerprint density at radius 3 is 2.59 bits per heavy atom. The molecule has 0 spiro atoms. The molecule has 2 N–H and O–H groups in total. The van der Waals surface area contributed by atoms with Crippen LogP contribution in [0, 0.1) is 0 Å². The lowest BCUT2D eigenvalue weighted by atomic mass is 10.1. The summed E-state index contributed by atoms with van der Waals surface area (Å²) in [5.74, 6) is -0.186. The van der Waals surface area contributed by atoms with Crippen molar-refractivity contribution in [1.29, 1.82) is 0 Å². The average Bonchev–Trinajstić information content (AvgIpc) is 2.26. The van der Waals surface area contributed by atoms with Crippen LogP contribution in [0.1, 0.15) is 29.8 Å². The third-order valence-electron chi connectivity index (χ3n) is 2.48. The van der Waals surface area contributed by atoms with E-state index in [1.54, 1.807) is 36.9 Å². The van der Waals surface area contributed by atoms with E-state index in [4.69, 9.17) is 5.11 Å². The number of halogens is 1. The number of rotatable bonds is 5. The minimum Gasteiger partial charge on any atom is -0.478 e. The maximum atomic E-state index is 10.8. The summed E-state index contributed by atoms with van der Waals surface area (Å²) in [6, 6.07) is 5.00. The fourth-order valence-electron chi connectivity index (χ4n) is 1.16. The second kappa shape index (κ2) is 6.42. The fourth-order valence-corrected chi connectivity index (χ4v) is 2.84. The van der Waals surface area contributed by atoms with Gasteiger partial charge >= 0.3 is 5.97 Å². The Morgan fingerprint density at radius 2 is 2.12 bits per heavy atom. The van der Waals surface area contributed by atoms with Crippen molar-refractivity contribution in [1.82, 2.24) is 0 Å². The largest absolute Gasteiger partial charge is 0.478 e. The molecule has 0 bridgehead atoms. The number of hydrogen-bond acceptors (Lipinski definition) is 3. The molecule has 0 fully saturated rings. The van der Waals surface area contributed by atoms with Crippen molar-refractivity contribution < 1.29 is 15.0 Å². The highest BCUT2D eigenvalue weighted by atomic mass is 79.9. The summed E-state index contributed by atoms with van der Waals surface area (Å²) in [5, 5.41) is 18.4. The Kier molecular flexibility index (Phi) is 5.49. The lowest BCUT2D eigenvalue weighted by Crippen LogP contribution is -2.15. The summed E-state index contributed by atoms with van der Waals surface area (Å²) < 4.78 is 0.794. The molecule has 1 rings (SSSR count). The lowest BCUT2D eigenvalue weighted by Gasteiger charge is -2.14. The summed E-state index contributed by atoms with van der Waals surface area (Å²) >= 11 is 5.00. The van der Waals surface area contributed by atoms with E-state index in [0.29, 0.717) is 0 Å². The van der Waals surface area contributed by atoms with E-state index in [2.05, 4.69) is 15.9 Å². The number of aliphatic hydroxyl groups is 1. The van der Waals surface area contributed by atoms with Gasteiger partial charge in [0.25, 0.3) is 0 Å². The van der Waals surface area contributed by atoms with Gasteiger partial charge in [-0.05, 0) is 24.6 Å². The van der Waals surface area contributed by atoms with Gasteiger partial charge in [0.15, 0.2) is 0 Å². The quantitative estimate of drug-likeness (QED) is 0.875. The zero-order valence-corrected chi connectivity index (χ0v) is 12.1. The van der Waals surface area contributed by atoms with Gasteiger partial charge in [-0.1, -0.05) is 28.9 Å². The van der Waals surface area contributed by atoms with Crippen molar-refractivity contribution in [2.75, 3.05) is 0 Å². The van der Waals surface area contributed by atoms with Gasteiger partial charge in [0.05, 0.1) is 11.7 Å². The molecule has 3 nitrogen and oxygen atoms in total. The highest BCUT2D eigenvalue weighted by molar-refractivity contribution is 9.10. The second-order valence-corrected chi connectivity index (χ2v) is 6.09. The van der Waals surface area contributed by atoms with Crippen LogP contribution in [0.25, 0.3) is 0 Å². The molecule has 5 heteroatoms. The summed E-state index contributed by atoms with van der Waals surface area (Å²) in [5.41, 5.74) is 1.31. The monoisotopic (exact) mass is 318 g/mol. The Morgan fingerprint density at radius 1 is 1.47 bits per heavy atom. The zero-order valence-electron chi connectivity index (χ0n) is 9.68. The average molecular weight is 319 g/mol. The maximum absolute atomic E-state index is 10.8. The van der Waals surface area contributed by atoms with Crippen molar-refractivity contribution in [2.24, 2.45) is 0 Å². The highest BCUT2D eigenvalue weighted by Crippen LogP contribution is 2.26. The van der Waals surface area contributed by atoms with Crippen LogP contribution in [0.4, 0.5) is 0 Å². The third kappa shape index (κ3) is 4.33. The smallest absolute Gasteiger partial charge is 0.335 e. The first-order valence-electron chi connectivity index (χ1n) is 5.23. The number of benzene rings is 1. The van der Waals surface area contributed by atoms with E-state index in [-0.39, 0.29) is 16.9 Å². The molecule has 0 heterocycles. The number of aromatic carboxylic acids is 1. The van der Waals surface area contributed by atoms with Crippen LogP contribution in [-0.2, 0) is 5.75 Å².